The van der Waals surface area contributed by atoms with Gasteiger partial charge in [0.1, 0.15) is 0 Å². The van der Waals surface area contributed by atoms with Gasteiger partial charge in [-0.1, -0.05) is 48.5 Å². The normalized spacial score (nSPS) is 15.6. The van der Waals surface area contributed by atoms with Crippen molar-refractivity contribution in [1.29, 1.82) is 0 Å². The van der Waals surface area contributed by atoms with Gasteiger partial charge in [-0.05, 0) is 37.6 Å². The van der Waals surface area contributed by atoms with E-state index in [0.717, 1.165) is 13.1 Å². The fourth-order valence-electron chi connectivity index (χ4n) is 3.93. The Balaban J connectivity index is 1.60. The lowest BCUT2D eigenvalue weighted by Crippen LogP contribution is -2.37. The van der Waals surface area contributed by atoms with E-state index in [1.807, 2.05) is 24.3 Å². The van der Waals surface area contributed by atoms with E-state index in [1.165, 1.54) is 23.1 Å². The second-order valence-corrected chi connectivity index (χ2v) is 7.20. The SMILES string of the molecule is Cn1nc(C(=O)NC[C@@H](c2ccccc2)N2CCCC2)c2ccccc2c1=O. The molecule has 144 valence electrons. The van der Waals surface area contributed by atoms with Crippen molar-refractivity contribution in [3.05, 3.63) is 76.2 Å². The number of amides is 1. The highest BCUT2D eigenvalue weighted by Gasteiger charge is 2.24. The van der Waals surface area contributed by atoms with E-state index in [0.29, 0.717) is 17.3 Å². The number of nitrogens with zero attached hydrogens (tertiary/aromatic N) is 3. The Hall–Kier alpha value is -2.99. The van der Waals surface area contributed by atoms with Gasteiger partial charge in [0.15, 0.2) is 5.69 Å². The molecule has 1 amide bonds. The Morgan fingerprint density at radius 3 is 2.39 bits per heavy atom. The lowest BCUT2D eigenvalue weighted by atomic mass is 10.1. The molecule has 1 atom stereocenters. The van der Waals surface area contributed by atoms with Gasteiger partial charge in [-0.2, -0.15) is 5.10 Å². The van der Waals surface area contributed by atoms with Crippen molar-refractivity contribution < 1.29 is 4.79 Å². The maximum atomic E-state index is 13.0. The average molecular weight is 376 g/mol. The Kier molecular flexibility index (Phi) is 5.21. The van der Waals surface area contributed by atoms with Crippen LogP contribution < -0.4 is 10.9 Å². The number of aromatic nitrogens is 2. The van der Waals surface area contributed by atoms with Gasteiger partial charge < -0.3 is 5.32 Å². The van der Waals surface area contributed by atoms with Gasteiger partial charge in [0, 0.05) is 19.0 Å². The van der Waals surface area contributed by atoms with Gasteiger partial charge in [0.05, 0.1) is 11.4 Å². The molecule has 4 rings (SSSR count). The van der Waals surface area contributed by atoms with Crippen LogP contribution in [0.3, 0.4) is 0 Å². The maximum Gasteiger partial charge on any atom is 0.274 e. The van der Waals surface area contributed by atoms with Gasteiger partial charge in [-0.15, -0.1) is 0 Å². The minimum absolute atomic E-state index is 0.131. The quantitative estimate of drug-likeness (QED) is 0.743. The summed E-state index contributed by atoms with van der Waals surface area (Å²) in [6.45, 7) is 2.58. The van der Waals surface area contributed by atoms with E-state index < -0.39 is 0 Å². The third-order valence-corrected chi connectivity index (χ3v) is 5.39. The molecular formula is C22H24N4O2. The molecule has 1 aliphatic heterocycles. The van der Waals surface area contributed by atoms with Crippen molar-refractivity contribution in [3.8, 4) is 0 Å². The van der Waals surface area contributed by atoms with E-state index in [1.54, 1.807) is 25.2 Å². The van der Waals surface area contributed by atoms with Crippen LogP contribution in [0.4, 0.5) is 0 Å². The van der Waals surface area contributed by atoms with Crippen LogP contribution in [0.5, 0.6) is 0 Å². The highest BCUT2D eigenvalue weighted by atomic mass is 16.2. The summed E-state index contributed by atoms with van der Waals surface area (Å²) in [6.07, 6.45) is 2.37. The van der Waals surface area contributed by atoms with Crippen molar-refractivity contribution in [2.24, 2.45) is 7.05 Å². The second kappa shape index (κ2) is 7.94. The van der Waals surface area contributed by atoms with E-state index in [-0.39, 0.29) is 23.2 Å². The summed E-state index contributed by atoms with van der Waals surface area (Å²) in [6, 6.07) is 17.5. The summed E-state index contributed by atoms with van der Waals surface area (Å²) in [7, 11) is 1.57. The zero-order valence-corrected chi connectivity index (χ0v) is 16.0. The molecule has 0 saturated carbocycles. The monoisotopic (exact) mass is 376 g/mol. The third-order valence-electron chi connectivity index (χ3n) is 5.39. The topological polar surface area (TPSA) is 67.2 Å². The van der Waals surface area contributed by atoms with Crippen molar-refractivity contribution in [2.75, 3.05) is 19.6 Å². The van der Waals surface area contributed by atoms with E-state index in [9.17, 15) is 9.59 Å². The van der Waals surface area contributed by atoms with Crippen LogP contribution >= 0.6 is 0 Å². The van der Waals surface area contributed by atoms with E-state index >= 15 is 0 Å². The second-order valence-electron chi connectivity index (χ2n) is 7.20. The molecule has 1 aromatic heterocycles. The number of rotatable bonds is 5. The highest BCUT2D eigenvalue weighted by Crippen LogP contribution is 2.24. The Labute approximate surface area is 163 Å². The molecule has 0 radical (unpaired) electrons. The van der Waals surface area contributed by atoms with Crippen LogP contribution in [0.1, 0.15) is 34.9 Å². The molecule has 3 aromatic rings. The van der Waals surface area contributed by atoms with Crippen molar-refractivity contribution in [1.82, 2.24) is 20.0 Å². The zero-order valence-electron chi connectivity index (χ0n) is 16.0. The molecule has 1 fully saturated rings. The first kappa shape index (κ1) is 18.4. The summed E-state index contributed by atoms with van der Waals surface area (Å²) in [5.41, 5.74) is 1.28. The molecule has 0 aliphatic carbocycles. The first-order valence-electron chi connectivity index (χ1n) is 9.68. The van der Waals surface area contributed by atoms with E-state index in [2.05, 4.69) is 27.4 Å². The van der Waals surface area contributed by atoms with Gasteiger partial charge in [-0.3, -0.25) is 14.5 Å². The van der Waals surface area contributed by atoms with Gasteiger partial charge >= 0.3 is 0 Å². The molecular weight excluding hydrogens is 352 g/mol. The number of hydrogen-bond donors (Lipinski definition) is 1. The average Bonchev–Trinajstić information content (AvgIpc) is 3.26. The van der Waals surface area contributed by atoms with Crippen LogP contribution in [0.2, 0.25) is 0 Å². The number of likely N-dealkylation sites (tertiary alicyclic amines) is 1. The fourth-order valence-corrected chi connectivity index (χ4v) is 3.93. The minimum atomic E-state index is -0.257. The van der Waals surface area contributed by atoms with Crippen LogP contribution in [-0.4, -0.2) is 40.2 Å². The molecule has 1 aliphatic rings. The molecule has 2 heterocycles. The van der Waals surface area contributed by atoms with Crippen molar-refractivity contribution >= 4 is 16.7 Å². The molecule has 6 nitrogen and oxygen atoms in total. The van der Waals surface area contributed by atoms with E-state index in [4.69, 9.17) is 0 Å². The smallest absolute Gasteiger partial charge is 0.274 e. The number of hydrogen-bond acceptors (Lipinski definition) is 4. The molecule has 0 unspecified atom stereocenters. The van der Waals surface area contributed by atoms with Gasteiger partial charge in [-0.25, -0.2) is 4.68 Å². The summed E-state index contributed by atoms with van der Waals surface area (Å²) in [4.78, 5) is 27.7. The van der Waals surface area contributed by atoms with Crippen LogP contribution in [0.15, 0.2) is 59.4 Å². The predicted octanol–water partition coefficient (Wildman–Crippen LogP) is 2.50. The fraction of sp³-hybridized carbons (Fsp3) is 0.318. The zero-order chi connectivity index (χ0) is 19.5. The maximum absolute atomic E-state index is 13.0. The van der Waals surface area contributed by atoms with Crippen LogP contribution in [0.25, 0.3) is 10.8 Å². The molecule has 6 heteroatoms. The third kappa shape index (κ3) is 3.55. The van der Waals surface area contributed by atoms with Crippen LogP contribution in [-0.2, 0) is 7.05 Å². The number of aryl methyl sites for hydroxylation is 1. The standard InChI is InChI=1S/C22H24N4O2/c1-25-22(28)18-12-6-5-11-17(18)20(24-25)21(27)23-15-19(26-13-7-8-14-26)16-9-3-2-4-10-16/h2-6,9-12,19H,7-8,13-15H2,1H3,(H,23,27)/t19-/m0/s1. The first-order chi connectivity index (χ1) is 13.6. The molecule has 0 spiro atoms. The molecule has 1 N–H and O–H groups in total. The minimum Gasteiger partial charge on any atom is -0.349 e. The van der Waals surface area contributed by atoms with Crippen LogP contribution in [0, 0.1) is 0 Å². The number of carbonyl (C=O) groups is 1. The number of fused-ring (bicyclic) bond motifs is 1. The first-order valence-corrected chi connectivity index (χ1v) is 9.68. The lowest BCUT2D eigenvalue weighted by molar-refractivity contribution is 0.0932. The molecule has 2 aromatic carbocycles. The molecule has 1 saturated heterocycles. The summed E-state index contributed by atoms with van der Waals surface area (Å²) in [5, 5.41) is 8.37. The molecule has 28 heavy (non-hydrogen) atoms. The van der Waals surface area contributed by atoms with Crippen molar-refractivity contribution in [2.45, 2.75) is 18.9 Å². The Morgan fingerprint density at radius 2 is 1.68 bits per heavy atom. The predicted molar refractivity (Wildman–Crippen MR) is 109 cm³/mol. The Morgan fingerprint density at radius 1 is 1.04 bits per heavy atom. The van der Waals surface area contributed by atoms with Gasteiger partial charge in [0.25, 0.3) is 11.5 Å². The largest absolute Gasteiger partial charge is 0.349 e. The summed E-state index contributed by atoms with van der Waals surface area (Å²) in [5.74, 6) is -0.257. The lowest BCUT2D eigenvalue weighted by Gasteiger charge is -2.28. The van der Waals surface area contributed by atoms with Gasteiger partial charge in [0.2, 0.25) is 0 Å². The summed E-state index contributed by atoms with van der Waals surface area (Å²) >= 11 is 0. The molecule has 0 bridgehead atoms. The number of nitrogens with one attached hydrogen (secondary N) is 1. The van der Waals surface area contributed by atoms with Crippen molar-refractivity contribution in [3.63, 3.8) is 0 Å². The number of carbonyl (C=O) groups excluding carboxylic acids is 1. The highest BCUT2D eigenvalue weighted by molar-refractivity contribution is 6.04. The Bertz CT molecular complexity index is 1040. The number of benzene rings is 2. The summed E-state index contributed by atoms with van der Waals surface area (Å²) < 4.78 is 1.23.